The van der Waals surface area contributed by atoms with E-state index in [1.54, 1.807) is 0 Å². The second kappa shape index (κ2) is 4.12. The lowest BCUT2D eigenvalue weighted by molar-refractivity contribution is 0.0758. The molecule has 0 aliphatic heterocycles. The highest BCUT2D eigenvalue weighted by Gasteiger charge is 2.21. The van der Waals surface area contributed by atoms with Gasteiger partial charge in [0.05, 0.1) is 5.60 Å². The van der Waals surface area contributed by atoms with Gasteiger partial charge >= 0.3 is 8.25 Å². The molecular weight excluding hydrogens is 151 g/mol. The van der Waals surface area contributed by atoms with Crippen LogP contribution in [0.3, 0.4) is 0 Å². The van der Waals surface area contributed by atoms with E-state index in [2.05, 4.69) is 0 Å². The van der Waals surface area contributed by atoms with Crippen molar-refractivity contribution in [3.05, 3.63) is 0 Å². The third kappa shape index (κ3) is 3.35. The average molecular weight is 166 g/mol. The Labute approximate surface area is 62.3 Å². The van der Waals surface area contributed by atoms with Crippen LogP contribution in [-0.4, -0.2) is 10.5 Å². The summed E-state index contributed by atoms with van der Waals surface area (Å²) in [4.78, 5) is 8.47. The summed E-state index contributed by atoms with van der Waals surface area (Å²) >= 11 is 0. The van der Waals surface area contributed by atoms with Crippen LogP contribution >= 0.6 is 8.25 Å². The average Bonchev–Trinajstić information content (AvgIpc) is 1.87. The molecule has 0 saturated heterocycles. The van der Waals surface area contributed by atoms with Crippen molar-refractivity contribution in [2.24, 2.45) is 0 Å². The Morgan fingerprint density at radius 3 is 2.00 bits per heavy atom. The maximum Gasteiger partial charge on any atom is 0.317 e. The largest absolute Gasteiger partial charge is 0.326 e. The minimum Gasteiger partial charge on any atom is -0.326 e. The van der Waals surface area contributed by atoms with Crippen LogP contribution in [0.25, 0.3) is 0 Å². The third-order valence-corrected chi connectivity index (χ3v) is 2.50. The summed E-state index contributed by atoms with van der Waals surface area (Å²) in [7, 11) is -2.77. The zero-order valence-corrected chi connectivity index (χ0v) is 7.68. The van der Waals surface area contributed by atoms with Crippen molar-refractivity contribution in [2.75, 3.05) is 0 Å². The maximum absolute atomic E-state index is 10.3. The molecule has 0 amide bonds. The monoisotopic (exact) mass is 166 g/mol. The lowest BCUT2D eigenvalue weighted by atomic mass is 10.0. The molecule has 0 aliphatic carbocycles. The lowest BCUT2D eigenvalue weighted by Crippen LogP contribution is -2.23. The summed E-state index contributed by atoms with van der Waals surface area (Å²) in [5, 5.41) is 0. The van der Waals surface area contributed by atoms with E-state index in [1.165, 1.54) is 0 Å². The molecule has 1 unspecified atom stereocenters. The van der Waals surface area contributed by atoms with Crippen LogP contribution in [0.15, 0.2) is 0 Å². The van der Waals surface area contributed by atoms with Crippen LogP contribution in [0.5, 0.6) is 0 Å². The van der Waals surface area contributed by atoms with Gasteiger partial charge < -0.3 is 9.42 Å². The second-order valence-electron chi connectivity index (χ2n) is 2.52. The van der Waals surface area contributed by atoms with E-state index in [1.807, 2.05) is 20.8 Å². The SMILES string of the molecule is CCC(C)(CC)O[PH](=O)O. The molecule has 0 aromatic rings. The predicted octanol–water partition coefficient (Wildman–Crippen LogP) is 1.96. The highest BCUT2D eigenvalue weighted by Crippen LogP contribution is 2.30. The summed E-state index contributed by atoms with van der Waals surface area (Å²) in [5.74, 6) is 0. The summed E-state index contributed by atoms with van der Waals surface area (Å²) in [6.45, 7) is 5.72. The summed E-state index contributed by atoms with van der Waals surface area (Å²) < 4.78 is 15.1. The van der Waals surface area contributed by atoms with Crippen molar-refractivity contribution in [1.82, 2.24) is 0 Å². The van der Waals surface area contributed by atoms with Gasteiger partial charge in [0.1, 0.15) is 0 Å². The molecule has 3 nitrogen and oxygen atoms in total. The van der Waals surface area contributed by atoms with Crippen LogP contribution in [0.4, 0.5) is 0 Å². The van der Waals surface area contributed by atoms with E-state index in [9.17, 15) is 4.57 Å². The lowest BCUT2D eigenvalue weighted by Gasteiger charge is -2.24. The minimum absolute atomic E-state index is 0.412. The quantitative estimate of drug-likeness (QED) is 0.649. The predicted molar refractivity (Wildman–Crippen MR) is 41.3 cm³/mol. The van der Waals surface area contributed by atoms with Crippen LogP contribution in [0.1, 0.15) is 33.6 Å². The number of hydrogen-bond acceptors (Lipinski definition) is 2. The Morgan fingerprint density at radius 2 is 1.90 bits per heavy atom. The molecule has 0 saturated carbocycles. The van der Waals surface area contributed by atoms with Crippen molar-refractivity contribution >= 4 is 8.25 Å². The minimum atomic E-state index is -2.77. The number of rotatable bonds is 4. The van der Waals surface area contributed by atoms with Gasteiger partial charge in [0.25, 0.3) is 0 Å². The van der Waals surface area contributed by atoms with E-state index >= 15 is 0 Å². The first-order valence-electron chi connectivity index (χ1n) is 3.46. The van der Waals surface area contributed by atoms with Gasteiger partial charge in [0.2, 0.25) is 0 Å². The molecule has 62 valence electrons. The van der Waals surface area contributed by atoms with Crippen molar-refractivity contribution in [2.45, 2.75) is 39.2 Å². The molecule has 0 aromatic carbocycles. The Bertz CT molecular complexity index is 120. The highest BCUT2D eigenvalue weighted by atomic mass is 31.1. The van der Waals surface area contributed by atoms with Crippen LogP contribution < -0.4 is 0 Å². The van der Waals surface area contributed by atoms with Crippen LogP contribution in [-0.2, 0) is 9.09 Å². The second-order valence-corrected chi connectivity index (χ2v) is 3.26. The fourth-order valence-electron chi connectivity index (χ4n) is 0.605. The topological polar surface area (TPSA) is 46.5 Å². The van der Waals surface area contributed by atoms with Gasteiger partial charge in [-0.15, -0.1) is 0 Å². The van der Waals surface area contributed by atoms with E-state index in [0.717, 1.165) is 12.8 Å². The van der Waals surface area contributed by atoms with E-state index in [0.29, 0.717) is 0 Å². The Kier molecular flexibility index (Phi) is 4.18. The molecule has 0 heterocycles. The molecule has 0 radical (unpaired) electrons. The first kappa shape index (κ1) is 10.2. The van der Waals surface area contributed by atoms with E-state index in [4.69, 9.17) is 9.42 Å². The van der Waals surface area contributed by atoms with Crippen molar-refractivity contribution < 1.29 is 14.0 Å². The van der Waals surface area contributed by atoms with Crippen molar-refractivity contribution in [3.63, 3.8) is 0 Å². The fourth-order valence-corrected chi connectivity index (χ4v) is 1.32. The Balaban J connectivity index is 3.92. The first-order chi connectivity index (χ1) is 4.54. The zero-order valence-electron chi connectivity index (χ0n) is 6.68. The summed E-state index contributed by atoms with van der Waals surface area (Å²) in [5.41, 5.74) is -0.412. The molecule has 10 heavy (non-hydrogen) atoms. The van der Waals surface area contributed by atoms with Gasteiger partial charge in [0.15, 0.2) is 0 Å². The normalized spacial score (nSPS) is 15.2. The smallest absolute Gasteiger partial charge is 0.317 e. The molecule has 0 aliphatic rings. The summed E-state index contributed by atoms with van der Waals surface area (Å²) in [6.07, 6.45) is 1.53. The molecule has 4 heteroatoms. The molecular formula is C6H15O3P. The van der Waals surface area contributed by atoms with Gasteiger partial charge in [-0.25, -0.2) is 0 Å². The molecule has 0 fully saturated rings. The molecule has 1 atom stereocenters. The van der Waals surface area contributed by atoms with Gasteiger partial charge in [-0.05, 0) is 19.8 Å². The standard InChI is InChI=1S/C6H15O3P/c1-4-6(3,5-2)9-10(7)8/h10H,4-5H2,1-3H3,(H,7,8). The van der Waals surface area contributed by atoms with Gasteiger partial charge in [0, 0.05) is 0 Å². The zero-order chi connectivity index (χ0) is 8.20. The third-order valence-electron chi connectivity index (χ3n) is 1.83. The van der Waals surface area contributed by atoms with Crippen LogP contribution in [0, 0.1) is 0 Å². The molecule has 0 rings (SSSR count). The van der Waals surface area contributed by atoms with E-state index < -0.39 is 13.9 Å². The fraction of sp³-hybridized carbons (Fsp3) is 1.00. The van der Waals surface area contributed by atoms with Gasteiger partial charge in [-0.1, -0.05) is 13.8 Å². The first-order valence-corrected chi connectivity index (χ1v) is 4.72. The number of hydrogen-bond donors (Lipinski definition) is 1. The Morgan fingerprint density at radius 1 is 1.50 bits per heavy atom. The maximum atomic E-state index is 10.3. The Hall–Kier alpha value is 0.150. The van der Waals surface area contributed by atoms with E-state index in [-0.39, 0.29) is 0 Å². The highest BCUT2D eigenvalue weighted by molar-refractivity contribution is 7.32. The van der Waals surface area contributed by atoms with Crippen molar-refractivity contribution in [1.29, 1.82) is 0 Å². The van der Waals surface area contributed by atoms with Crippen molar-refractivity contribution in [3.8, 4) is 0 Å². The van der Waals surface area contributed by atoms with Gasteiger partial charge in [-0.2, -0.15) is 0 Å². The molecule has 0 spiro atoms. The molecule has 0 bridgehead atoms. The van der Waals surface area contributed by atoms with Gasteiger partial charge in [-0.3, -0.25) is 4.57 Å². The summed E-state index contributed by atoms with van der Waals surface area (Å²) in [6, 6.07) is 0. The molecule has 0 aromatic heterocycles. The van der Waals surface area contributed by atoms with Crippen LogP contribution in [0.2, 0.25) is 0 Å². The molecule has 1 N–H and O–H groups in total.